The molecule has 3 aromatic rings. The standard InChI is InChI=1S/C21H19ClN4O2S/c1-12-11-29-21(24-12)25-20(27)16(10-23)8-15-7-13(2)26(14(15)3)18-9-17(22)5-6-19(18)28-4/h5-9,11H,1-4H3,(H,24,25,27)/b16-8-. The van der Waals surface area contributed by atoms with E-state index in [2.05, 4.69) is 10.3 Å². The molecule has 0 radical (unpaired) electrons. The Morgan fingerprint density at radius 1 is 1.34 bits per heavy atom. The zero-order valence-corrected chi connectivity index (χ0v) is 18.0. The van der Waals surface area contributed by atoms with Gasteiger partial charge >= 0.3 is 0 Å². The molecule has 148 valence electrons. The monoisotopic (exact) mass is 426 g/mol. The quantitative estimate of drug-likeness (QED) is 0.456. The first-order valence-electron chi connectivity index (χ1n) is 8.72. The minimum Gasteiger partial charge on any atom is -0.495 e. The van der Waals surface area contributed by atoms with E-state index in [1.807, 2.05) is 48.9 Å². The Hall–Kier alpha value is -3.08. The molecule has 0 saturated carbocycles. The third-order valence-corrected chi connectivity index (χ3v) is 5.47. The number of rotatable bonds is 5. The van der Waals surface area contributed by atoms with Crippen molar-refractivity contribution in [2.75, 3.05) is 12.4 Å². The van der Waals surface area contributed by atoms with Gasteiger partial charge in [-0.25, -0.2) is 4.98 Å². The number of benzene rings is 1. The molecule has 0 saturated heterocycles. The number of thiazole rings is 1. The fraction of sp³-hybridized carbons (Fsp3) is 0.190. The summed E-state index contributed by atoms with van der Waals surface area (Å²) in [7, 11) is 1.60. The van der Waals surface area contributed by atoms with Gasteiger partial charge in [0.2, 0.25) is 0 Å². The van der Waals surface area contributed by atoms with E-state index in [1.54, 1.807) is 25.3 Å². The number of methoxy groups -OCH3 is 1. The Morgan fingerprint density at radius 3 is 2.72 bits per heavy atom. The zero-order chi connectivity index (χ0) is 21.1. The number of nitrogens with one attached hydrogen (secondary N) is 1. The average Bonchev–Trinajstić information content (AvgIpc) is 3.21. The van der Waals surface area contributed by atoms with Gasteiger partial charge in [-0.3, -0.25) is 10.1 Å². The summed E-state index contributed by atoms with van der Waals surface area (Å²) in [6.45, 7) is 5.69. The highest BCUT2D eigenvalue weighted by Crippen LogP contribution is 2.31. The Morgan fingerprint density at radius 2 is 2.10 bits per heavy atom. The van der Waals surface area contributed by atoms with Crippen LogP contribution < -0.4 is 10.1 Å². The van der Waals surface area contributed by atoms with E-state index < -0.39 is 5.91 Å². The van der Waals surface area contributed by atoms with Gasteiger partial charge < -0.3 is 9.30 Å². The summed E-state index contributed by atoms with van der Waals surface area (Å²) in [5, 5.41) is 15.0. The second kappa shape index (κ2) is 8.52. The molecular formula is C21H19ClN4O2S. The number of halogens is 1. The van der Waals surface area contributed by atoms with Crippen LogP contribution in [0.5, 0.6) is 5.75 Å². The second-order valence-electron chi connectivity index (χ2n) is 6.40. The second-order valence-corrected chi connectivity index (χ2v) is 7.69. The van der Waals surface area contributed by atoms with E-state index in [0.717, 1.165) is 28.3 Å². The fourth-order valence-electron chi connectivity index (χ4n) is 3.02. The minimum absolute atomic E-state index is 0.00355. The van der Waals surface area contributed by atoms with Crippen LogP contribution in [0.15, 0.2) is 35.2 Å². The Kier molecular flexibility index (Phi) is 6.06. The molecule has 1 amide bonds. The number of ether oxygens (including phenoxy) is 1. The van der Waals surface area contributed by atoms with Crippen molar-refractivity contribution < 1.29 is 9.53 Å². The van der Waals surface area contributed by atoms with Crippen molar-refractivity contribution in [3.05, 3.63) is 62.9 Å². The van der Waals surface area contributed by atoms with Crippen LogP contribution in [0, 0.1) is 32.1 Å². The number of nitriles is 1. The van der Waals surface area contributed by atoms with Crippen LogP contribution in [0.1, 0.15) is 22.6 Å². The summed E-state index contributed by atoms with van der Waals surface area (Å²) in [4.78, 5) is 16.7. The molecule has 0 fully saturated rings. The lowest BCUT2D eigenvalue weighted by Crippen LogP contribution is -2.13. The number of nitrogens with zero attached hydrogens (tertiary/aromatic N) is 3. The van der Waals surface area contributed by atoms with Gasteiger partial charge in [-0.05, 0) is 56.7 Å². The summed E-state index contributed by atoms with van der Waals surface area (Å²) in [6.07, 6.45) is 1.58. The maximum absolute atomic E-state index is 12.5. The zero-order valence-electron chi connectivity index (χ0n) is 16.4. The van der Waals surface area contributed by atoms with Crippen molar-refractivity contribution in [3.8, 4) is 17.5 Å². The van der Waals surface area contributed by atoms with Crippen molar-refractivity contribution in [2.24, 2.45) is 0 Å². The van der Waals surface area contributed by atoms with Gasteiger partial charge in [0.25, 0.3) is 5.91 Å². The molecule has 3 rings (SSSR count). The molecule has 1 N–H and O–H groups in total. The highest BCUT2D eigenvalue weighted by Gasteiger charge is 2.17. The molecule has 0 atom stereocenters. The molecule has 1 aromatic carbocycles. The minimum atomic E-state index is -0.494. The lowest BCUT2D eigenvalue weighted by Gasteiger charge is -2.14. The van der Waals surface area contributed by atoms with E-state index in [9.17, 15) is 10.1 Å². The number of hydrogen-bond acceptors (Lipinski definition) is 5. The highest BCUT2D eigenvalue weighted by atomic mass is 35.5. The number of aryl methyl sites for hydroxylation is 2. The predicted molar refractivity (Wildman–Crippen MR) is 116 cm³/mol. The molecule has 0 unspecified atom stereocenters. The average molecular weight is 427 g/mol. The largest absolute Gasteiger partial charge is 0.495 e. The van der Waals surface area contributed by atoms with E-state index in [-0.39, 0.29) is 5.57 Å². The SMILES string of the molecule is COc1ccc(Cl)cc1-n1c(C)cc(/C=C(/C#N)C(=O)Nc2nc(C)cs2)c1C. The van der Waals surface area contributed by atoms with Gasteiger partial charge in [-0.2, -0.15) is 5.26 Å². The predicted octanol–water partition coefficient (Wildman–Crippen LogP) is 5.07. The highest BCUT2D eigenvalue weighted by molar-refractivity contribution is 7.13. The van der Waals surface area contributed by atoms with Gasteiger partial charge in [-0.1, -0.05) is 11.6 Å². The number of anilines is 1. The van der Waals surface area contributed by atoms with Crippen LogP contribution in [-0.4, -0.2) is 22.6 Å². The van der Waals surface area contributed by atoms with Crippen molar-refractivity contribution in [3.63, 3.8) is 0 Å². The first-order chi connectivity index (χ1) is 13.8. The third kappa shape index (κ3) is 4.34. The van der Waals surface area contributed by atoms with Gasteiger partial charge in [0.05, 0.1) is 18.5 Å². The van der Waals surface area contributed by atoms with E-state index in [4.69, 9.17) is 16.3 Å². The first kappa shape index (κ1) is 20.6. The molecule has 2 aromatic heterocycles. The molecule has 2 heterocycles. The Bertz CT molecular complexity index is 1150. The van der Waals surface area contributed by atoms with Crippen LogP contribution in [0.3, 0.4) is 0 Å². The van der Waals surface area contributed by atoms with E-state index in [1.165, 1.54) is 11.3 Å². The van der Waals surface area contributed by atoms with E-state index in [0.29, 0.717) is 15.9 Å². The molecule has 0 aliphatic heterocycles. The normalized spacial score (nSPS) is 11.2. The van der Waals surface area contributed by atoms with Crippen molar-refractivity contribution in [1.82, 2.24) is 9.55 Å². The van der Waals surface area contributed by atoms with Crippen molar-refractivity contribution in [2.45, 2.75) is 20.8 Å². The number of amides is 1. The molecule has 8 heteroatoms. The van der Waals surface area contributed by atoms with Gasteiger partial charge in [0, 0.05) is 21.8 Å². The summed E-state index contributed by atoms with van der Waals surface area (Å²) in [6, 6.07) is 9.27. The number of hydrogen-bond donors (Lipinski definition) is 1. The number of carbonyl (C=O) groups is 1. The smallest absolute Gasteiger partial charge is 0.268 e. The summed E-state index contributed by atoms with van der Waals surface area (Å²) >= 11 is 7.49. The molecule has 0 aliphatic rings. The molecule has 29 heavy (non-hydrogen) atoms. The molecule has 0 bridgehead atoms. The van der Waals surface area contributed by atoms with Crippen LogP contribution in [0.25, 0.3) is 11.8 Å². The van der Waals surface area contributed by atoms with Gasteiger partial charge in [-0.15, -0.1) is 11.3 Å². The Labute approximate surface area is 178 Å². The third-order valence-electron chi connectivity index (χ3n) is 4.36. The summed E-state index contributed by atoms with van der Waals surface area (Å²) in [5.41, 5.74) is 4.13. The number of carbonyl (C=O) groups excluding carboxylic acids is 1. The topological polar surface area (TPSA) is 79.9 Å². The maximum atomic E-state index is 12.5. The van der Waals surface area contributed by atoms with Crippen molar-refractivity contribution >= 4 is 40.1 Å². The fourth-order valence-corrected chi connectivity index (χ4v) is 3.87. The van der Waals surface area contributed by atoms with Gasteiger partial charge in [0.1, 0.15) is 17.4 Å². The van der Waals surface area contributed by atoms with E-state index >= 15 is 0 Å². The maximum Gasteiger partial charge on any atom is 0.268 e. The molecule has 0 aliphatic carbocycles. The molecule has 6 nitrogen and oxygen atoms in total. The van der Waals surface area contributed by atoms with Crippen LogP contribution in [0.2, 0.25) is 5.02 Å². The lowest BCUT2D eigenvalue weighted by atomic mass is 10.1. The lowest BCUT2D eigenvalue weighted by molar-refractivity contribution is -0.112. The van der Waals surface area contributed by atoms with Crippen molar-refractivity contribution in [1.29, 1.82) is 5.26 Å². The van der Waals surface area contributed by atoms with Crippen LogP contribution in [-0.2, 0) is 4.79 Å². The number of aromatic nitrogens is 2. The Balaban J connectivity index is 2.00. The molecular weight excluding hydrogens is 408 g/mol. The van der Waals surface area contributed by atoms with Gasteiger partial charge in [0.15, 0.2) is 5.13 Å². The first-order valence-corrected chi connectivity index (χ1v) is 9.98. The molecule has 0 spiro atoms. The van der Waals surface area contributed by atoms with Crippen LogP contribution >= 0.6 is 22.9 Å². The summed E-state index contributed by atoms with van der Waals surface area (Å²) in [5.74, 6) is 0.177. The van der Waals surface area contributed by atoms with Crippen LogP contribution in [0.4, 0.5) is 5.13 Å². The summed E-state index contributed by atoms with van der Waals surface area (Å²) < 4.78 is 7.45.